The van der Waals surface area contributed by atoms with Crippen LogP contribution >= 0.6 is 12.4 Å². The molecule has 0 fully saturated rings. The molecule has 0 saturated heterocycles. The van der Waals surface area contributed by atoms with Crippen molar-refractivity contribution in [1.82, 2.24) is 5.32 Å². The van der Waals surface area contributed by atoms with Crippen LogP contribution in [0, 0.1) is 0 Å². The molecule has 4 N–H and O–H groups in total. The van der Waals surface area contributed by atoms with Crippen molar-refractivity contribution < 1.29 is 24.2 Å². The molecule has 25 heavy (non-hydrogen) atoms. The number of nitrogens with two attached hydrogens (primary N) is 1. The van der Waals surface area contributed by atoms with Crippen molar-refractivity contribution in [3.63, 3.8) is 0 Å². The van der Waals surface area contributed by atoms with Crippen LogP contribution in [0.1, 0.15) is 12.5 Å². The Bertz CT molecular complexity index is 539. The van der Waals surface area contributed by atoms with E-state index in [2.05, 4.69) is 11.9 Å². The number of nitrogens with one attached hydrogen (secondary N) is 1. The highest BCUT2D eigenvalue weighted by molar-refractivity contribution is 5.87. The lowest BCUT2D eigenvalue weighted by Crippen LogP contribution is -2.54. The molecule has 0 bridgehead atoms. The Morgan fingerprint density at radius 2 is 2.00 bits per heavy atom. The average Bonchev–Trinajstić information content (AvgIpc) is 2.57. The molecule has 8 heteroatoms. The van der Waals surface area contributed by atoms with E-state index in [-0.39, 0.29) is 25.6 Å². The van der Waals surface area contributed by atoms with Crippen molar-refractivity contribution in [2.24, 2.45) is 5.73 Å². The first-order valence-electron chi connectivity index (χ1n) is 7.59. The van der Waals surface area contributed by atoms with Gasteiger partial charge in [0.05, 0.1) is 19.3 Å². The third-order valence-corrected chi connectivity index (χ3v) is 3.12. The van der Waals surface area contributed by atoms with Gasteiger partial charge in [-0.05, 0) is 12.5 Å². The molecule has 0 aliphatic carbocycles. The molecule has 0 unspecified atom stereocenters. The third kappa shape index (κ3) is 8.64. The van der Waals surface area contributed by atoms with E-state index in [1.165, 1.54) is 13.0 Å². The van der Waals surface area contributed by atoms with Crippen molar-refractivity contribution >= 4 is 24.3 Å². The molecule has 1 amide bonds. The van der Waals surface area contributed by atoms with Gasteiger partial charge in [0.15, 0.2) is 6.04 Å². The van der Waals surface area contributed by atoms with Gasteiger partial charge in [-0.2, -0.15) is 0 Å². The SMILES string of the molecule is C=CCOC(=O)[C@@H](NC(=O)[C@@H](N)COCc1ccccc1)[C@@H](C)O.Cl. The Balaban J connectivity index is 0.00000576. The second-order valence-corrected chi connectivity index (χ2v) is 5.25. The number of benzene rings is 1. The topological polar surface area (TPSA) is 111 Å². The molecule has 1 aromatic carbocycles. The molecule has 0 heterocycles. The van der Waals surface area contributed by atoms with Crippen molar-refractivity contribution in [3.05, 3.63) is 48.6 Å². The lowest BCUT2D eigenvalue weighted by atomic mass is 10.1. The van der Waals surface area contributed by atoms with Gasteiger partial charge in [0.1, 0.15) is 12.6 Å². The first-order chi connectivity index (χ1) is 11.5. The van der Waals surface area contributed by atoms with Gasteiger partial charge in [-0.3, -0.25) is 4.79 Å². The highest BCUT2D eigenvalue weighted by Crippen LogP contribution is 2.02. The monoisotopic (exact) mass is 372 g/mol. The van der Waals surface area contributed by atoms with Crippen LogP contribution in [0.2, 0.25) is 0 Å². The van der Waals surface area contributed by atoms with Crippen LogP contribution < -0.4 is 11.1 Å². The molecule has 0 aliphatic rings. The molecule has 1 aromatic rings. The number of amides is 1. The summed E-state index contributed by atoms with van der Waals surface area (Å²) in [5, 5.41) is 12.0. The Labute approximate surface area is 153 Å². The van der Waals surface area contributed by atoms with Gasteiger partial charge in [-0.15, -0.1) is 12.4 Å². The Kier molecular flexibility index (Phi) is 11.5. The molecular formula is C17H25ClN2O5. The summed E-state index contributed by atoms with van der Waals surface area (Å²) in [6, 6.07) is 7.28. The van der Waals surface area contributed by atoms with E-state index in [0.717, 1.165) is 5.56 Å². The van der Waals surface area contributed by atoms with Crippen LogP contribution in [0.25, 0.3) is 0 Å². The molecular weight excluding hydrogens is 348 g/mol. The quantitative estimate of drug-likeness (QED) is 0.408. The zero-order chi connectivity index (χ0) is 17.9. The fourth-order valence-corrected chi connectivity index (χ4v) is 1.82. The summed E-state index contributed by atoms with van der Waals surface area (Å²) in [5.74, 6) is -1.36. The molecule has 0 radical (unpaired) electrons. The van der Waals surface area contributed by atoms with Gasteiger partial charge >= 0.3 is 5.97 Å². The van der Waals surface area contributed by atoms with Gasteiger partial charge in [-0.25, -0.2) is 4.79 Å². The lowest BCUT2D eigenvalue weighted by molar-refractivity contribution is -0.150. The van der Waals surface area contributed by atoms with Gasteiger partial charge in [0.25, 0.3) is 0 Å². The number of carbonyl (C=O) groups excluding carboxylic acids is 2. The summed E-state index contributed by atoms with van der Waals surface area (Å²) in [7, 11) is 0. The molecule has 0 aliphatic heterocycles. The molecule has 140 valence electrons. The number of hydrogen-bond donors (Lipinski definition) is 3. The fourth-order valence-electron chi connectivity index (χ4n) is 1.82. The number of hydrogen-bond acceptors (Lipinski definition) is 6. The summed E-state index contributed by atoms with van der Waals surface area (Å²) in [6.07, 6.45) is 0.269. The summed E-state index contributed by atoms with van der Waals surface area (Å²) < 4.78 is 10.2. The van der Waals surface area contributed by atoms with Crippen LogP contribution in [-0.2, 0) is 25.7 Å². The van der Waals surface area contributed by atoms with E-state index in [1.807, 2.05) is 30.3 Å². The van der Waals surface area contributed by atoms with Gasteiger partial charge in [0, 0.05) is 0 Å². The lowest BCUT2D eigenvalue weighted by Gasteiger charge is -2.21. The normalized spacial score (nSPS) is 13.7. The number of esters is 1. The minimum Gasteiger partial charge on any atom is -0.460 e. The summed E-state index contributed by atoms with van der Waals surface area (Å²) in [5.41, 5.74) is 6.70. The first kappa shape index (κ1) is 23.1. The summed E-state index contributed by atoms with van der Waals surface area (Å²) in [4.78, 5) is 23.8. The minimum atomic E-state index is -1.20. The minimum absolute atomic E-state index is 0. The van der Waals surface area contributed by atoms with Gasteiger partial charge in [-0.1, -0.05) is 43.0 Å². The summed E-state index contributed by atoms with van der Waals surface area (Å²) in [6.45, 7) is 5.09. The molecule has 0 saturated carbocycles. The van der Waals surface area contributed by atoms with Crippen LogP contribution in [0.4, 0.5) is 0 Å². The molecule has 7 nitrogen and oxygen atoms in total. The number of halogens is 1. The highest BCUT2D eigenvalue weighted by Gasteiger charge is 2.28. The first-order valence-corrected chi connectivity index (χ1v) is 7.59. The zero-order valence-corrected chi connectivity index (χ0v) is 14.9. The Hall–Kier alpha value is -1.93. The highest BCUT2D eigenvalue weighted by atomic mass is 35.5. The van der Waals surface area contributed by atoms with Crippen molar-refractivity contribution in [3.8, 4) is 0 Å². The third-order valence-electron chi connectivity index (χ3n) is 3.12. The molecule has 3 atom stereocenters. The maximum absolute atomic E-state index is 12.0. The predicted octanol–water partition coefficient (Wildman–Crippen LogP) is 0.547. The second-order valence-electron chi connectivity index (χ2n) is 5.25. The van der Waals surface area contributed by atoms with Gasteiger partial charge < -0.3 is 25.6 Å². The van der Waals surface area contributed by atoms with E-state index in [9.17, 15) is 14.7 Å². The number of aliphatic hydroxyl groups is 1. The van der Waals surface area contributed by atoms with E-state index < -0.39 is 30.1 Å². The van der Waals surface area contributed by atoms with E-state index >= 15 is 0 Å². The number of ether oxygens (including phenoxy) is 2. The maximum atomic E-state index is 12.0. The van der Waals surface area contributed by atoms with Crippen LogP contribution in [-0.4, -0.2) is 48.4 Å². The second kappa shape index (κ2) is 12.4. The fraction of sp³-hybridized carbons (Fsp3) is 0.412. The van der Waals surface area contributed by atoms with Gasteiger partial charge in [0.2, 0.25) is 5.91 Å². The maximum Gasteiger partial charge on any atom is 0.331 e. The molecule has 0 spiro atoms. The average molecular weight is 373 g/mol. The van der Waals surface area contributed by atoms with E-state index in [0.29, 0.717) is 6.61 Å². The Morgan fingerprint density at radius 1 is 1.36 bits per heavy atom. The number of carbonyl (C=O) groups is 2. The van der Waals surface area contributed by atoms with Crippen molar-refractivity contribution in [2.45, 2.75) is 31.7 Å². The predicted molar refractivity (Wildman–Crippen MR) is 96.1 cm³/mol. The van der Waals surface area contributed by atoms with E-state index in [4.69, 9.17) is 15.2 Å². The van der Waals surface area contributed by atoms with Crippen LogP contribution in [0.15, 0.2) is 43.0 Å². The largest absolute Gasteiger partial charge is 0.460 e. The van der Waals surface area contributed by atoms with Crippen molar-refractivity contribution in [1.29, 1.82) is 0 Å². The van der Waals surface area contributed by atoms with Crippen LogP contribution in [0.3, 0.4) is 0 Å². The van der Waals surface area contributed by atoms with Crippen molar-refractivity contribution in [2.75, 3.05) is 13.2 Å². The zero-order valence-electron chi connectivity index (χ0n) is 14.1. The smallest absolute Gasteiger partial charge is 0.331 e. The standard InChI is InChI=1S/C17H24N2O5.ClH/c1-3-9-24-17(22)15(12(2)20)19-16(21)14(18)11-23-10-13-7-5-4-6-8-13;/h3-8,12,14-15,20H,1,9-11,18H2,2H3,(H,19,21);1H/t12-,14+,15+;/m1./s1. The number of aliphatic hydroxyl groups excluding tert-OH is 1. The number of rotatable bonds is 10. The van der Waals surface area contributed by atoms with E-state index in [1.54, 1.807) is 0 Å². The van der Waals surface area contributed by atoms with Crippen LogP contribution in [0.5, 0.6) is 0 Å². The Morgan fingerprint density at radius 3 is 2.56 bits per heavy atom. The summed E-state index contributed by atoms with van der Waals surface area (Å²) >= 11 is 0. The molecule has 0 aromatic heterocycles. The molecule has 1 rings (SSSR count).